The molecule has 0 N–H and O–H groups in total. The van der Waals surface area contributed by atoms with Gasteiger partial charge in [0.05, 0.1) is 6.04 Å². The first-order valence-corrected chi connectivity index (χ1v) is 9.91. The lowest BCUT2D eigenvalue weighted by molar-refractivity contribution is 0.111. The summed E-state index contributed by atoms with van der Waals surface area (Å²) in [7, 11) is 0. The van der Waals surface area contributed by atoms with Crippen LogP contribution in [0.3, 0.4) is 0 Å². The van der Waals surface area contributed by atoms with Crippen LogP contribution in [0.25, 0.3) is 0 Å². The Hall–Kier alpha value is -3.74. The minimum absolute atomic E-state index is 0.140. The number of halogens is 1. The van der Waals surface area contributed by atoms with E-state index in [1.165, 1.54) is 17.0 Å². The van der Waals surface area contributed by atoms with Crippen LogP contribution in [0.4, 0.5) is 14.9 Å². The lowest BCUT2D eigenvalue weighted by Crippen LogP contribution is -2.45. The normalized spacial score (nSPS) is 15.0. The van der Waals surface area contributed by atoms with Gasteiger partial charge in [0.2, 0.25) is 5.88 Å². The molecule has 7 heteroatoms. The molecule has 0 bridgehead atoms. The Balaban J connectivity index is 1.62. The van der Waals surface area contributed by atoms with E-state index >= 15 is 0 Å². The molecule has 2 aromatic carbocycles. The molecule has 0 aliphatic carbocycles. The van der Waals surface area contributed by atoms with E-state index in [1.807, 2.05) is 37.3 Å². The minimum Gasteiger partial charge on any atom is -0.474 e. The van der Waals surface area contributed by atoms with Crippen LogP contribution in [0.2, 0.25) is 0 Å². The summed E-state index contributed by atoms with van der Waals surface area (Å²) in [5, 5.41) is 0. The van der Waals surface area contributed by atoms with Gasteiger partial charge >= 0.3 is 6.09 Å². The third-order valence-electron chi connectivity index (χ3n) is 5.06. The summed E-state index contributed by atoms with van der Waals surface area (Å²) in [4.78, 5) is 30.3. The molecule has 1 aliphatic rings. The van der Waals surface area contributed by atoms with Crippen LogP contribution in [0.15, 0.2) is 60.7 Å². The topological polar surface area (TPSA) is 68.7 Å². The summed E-state index contributed by atoms with van der Waals surface area (Å²) < 4.78 is 24.4. The molecule has 4 rings (SSSR count). The largest absolute Gasteiger partial charge is 0.474 e. The number of amides is 1. The second kappa shape index (κ2) is 8.95. The molecule has 6 nitrogen and oxygen atoms in total. The van der Waals surface area contributed by atoms with Crippen LogP contribution in [0.1, 0.15) is 34.1 Å². The SMILES string of the molecule is C[C@H]1COc2nc(C=O)c(Cc3ccc(F)cc3)cc2N1C(=O)OCc1ccccc1. The van der Waals surface area contributed by atoms with Crippen LogP contribution < -0.4 is 9.64 Å². The molecule has 3 aromatic rings. The monoisotopic (exact) mass is 420 g/mol. The van der Waals surface area contributed by atoms with Crippen molar-refractivity contribution in [1.82, 2.24) is 4.98 Å². The number of hydrogen-bond acceptors (Lipinski definition) is 5. The van der Waals surface area contributed by atoms with Gasteiger partial charge in [0.1, 0.15) is 30.4 Å². The lowest BCUT2D eigenvalue weighted by atomic mass is 10.0. The second-order valence-electron chi connectivity index (χ2n) is 7.35. The van der Waals surface area contributed by atoms with Crippen LogP contribution in [0.5, 0.6) is 5.88 Å². The number of hydrogen-bond donors (Lipinski definition) is 0. The third kappa shape index (κ3) is 4.55. The van der Waals surface area contributed by atoms with Crippen molar-refractivity contribution in [2.45, 2.75) is 26.0 Å². The van der Waals surface area contributed by atoms with Gasteiger partial charge in [0, 0.05) is 0 Å². The van der Waals surface area contributed by atoms with Crippen molar-refractivity contribution >= 4 is 18.1 Å². The van der Waals surface area contributed by atoms with E-state index in [0.29, 0.717) is 24.0 Å². The van der Waals surface area contributed by atoms with E-state index in [9.17, 15) is 14.0 Å². The second-order valence-corrected chi connectivity index (χ2v) is 7.35. The number of anilines is 1. The summed E-state index contributed by atoms with van der Waals surface area (Å²) in [5.41, 5.74) is 2.96. The van der Waals surface area contributed by atoms with Gasteiger partial charge in [0.25, 0.3) is 0 Å². The Morgan fingerprint density at radius 3 is 2.65 bits per heavy atom. The molecule has 0 unspecified atom stereocenters. The highest BCUT2D eigenvalue weighted by molar-refractivity contribution is 5.91. The van der Waals surface area contributed by atoms with Gasteiger partial charge in [-0.2, -0.15) is 0 Å². The van der Waals surface area contributed by atoms with Crippen LogP contribution in [-0.4, -0.2) is 30.0 Å². The number of carbonyl (C=O) groups excluding carboxylic acids is 2. The summed E-state index contributed by atoms with van der Waals surface area (Å²) in [5.74, 6) is -0.128. The van der Waals surface area contributed by atoms with Crippen molar-refractivity contribution < 1.29 is 23.5 Å². The van der Waals surface area contributed by atoms with Crippen molar-refractivity contribution in [2.75, 3.05) is 11.5 Å². The molecule has 1 atom stereocenters. The standard InChI is InChI=1S/C24H21FN2O4/c1-16-14-30-23-22(27(16)24(29)31-15-18-5-3-2-4-6-18)12-19(21(13-28)26-23)11-17-7-9-20(25)10-8-17/h2-10,12-13,16H,11,14-15H2,1H3/t16-/m0/s1. The number of aromatic nitrogens is 1. The van der Waals surface area contributed by atoms with E-state index in [2.05, 4.69) is 4.98 Å². The fourth-order valence-corrected chi connectivity index (χ4v) is 3.46. The number of fused-ring (bicyclic) bond motifs is 1. The van der Waals surface area contributed by atoms with Crippen LogP contribution in [0, 0.1) is 5.82 Å². The molecule has 0 radical (unpaired) electrons. The van der Waals surface area contributed by atoms with E-state index in [-0.39, 0.29) is 36.6 Å². The highest BCUT2D eigenvalue weighted by Gasteiger charge is 2.33. The zero-order valence-corrected chi connectivity index (χ0v) is 17.0. The number of ether oxygens (including phenoxy) is 2. The Bertz CT molecular complexity index is 1090. The first kappa shape index (κ1) is 20.5. The molecule has 0 saturated heterocycles. The number of aldehydes is 1. The molecule has 0 saturated carbocycles. The fourth-order valence-electron chi connectivity index (χ4n) is 3.46. The number of carbonyl (C=O) groups is 2. The van der Waals surface area contributed by atoms with Crippen molar-refractivity contribution in [1.29, 1.82) is 0 Å². The van der Waals surface area contributed by atoms with Gasteiger partial charge in [-0.15, -0.1) is 0 Å². The zero-order valence-electron chi connectivity index (χ0n) is 17.0. The minimum atomic E-state index is -0.519. The number of pyridine rings is 1. The highest BCUT2D eigenvalue weighted by Crippen LogP contribution is 2.35. The van der Waals surface area contributed by atoms with Gasteiger partial charge in [-0.25, -0.2) is 14.2 Å². The van der Waals surface area contributed by atoms with Crippen molar-refractivity contribution in [3.8, 4) is 5.88 Å². The predicted molar refractivity (Wildman–Crippen MR) is 113 cm³/mol. The molecule has 0 spiro atoms. The first-order valence-electron chi connectivity index (χ1n) is 9.91. The van der Waals surface area contributed by atoms with Gasteiger partial charge in [-0.05, 0) is 48.2 Å². The summed E-state index contributed by atoms with van der Waals surface area (Å²) in [6, 6.07) is 16.9. The van der Waals surface area contributed by atoms with Gasteiger partial charge in [-0.1, -0.05) is 42.5 Å². The molecule has 31 heavy (non-hydrogen) atoms. The Morgan fingerprint density at radius 2 is 1.94 bits per heavy atom. The molecular formula is C24H21FN2O4. The highest BCUT2D eigenvalue weighted by atomic mass is 19.1. The number of rotatable bonds is 5. The maximum Gasteiger partial charge on any atom is 0.415 e. The Labute approximate surface area is 179 Å². The van der Waals surface area contributed by atoms with Gasteiger partial charge in [0.15, 0.2) is 6.29 Å². The molecule has 2 heterocycles. The predicted octanol–water partition coefficient (Wildman–Crippen LogP) is 4.55. The lowest BCUT2D eigenvalue weighted by Gasteiger charge is -2.34. The molecule has 1 aromatic heterocycles. The van der Waals surface area contributed by atoms with Gasteiger partial charge < -0.3 is 9.47 Å². The van der Waals surface area contributed by atoms with Crippen molar-refractivity contribution in [2.24, 2.45) is 0 Å². The van der Waals surface area contributed by atoms with E-state index in [1.54, 1.807) is 18.2 Å². The van der Waals surface area contributed by atoms with Crippen LogP contribution in [-0.2, 0) is 17.8 Å². The summed E-state index contributed by atoms with van der Waals surface area (Å²) in [6.07, 6.45) is 0.489. The van der Waals surface area contributed by atoms with Crippen molar-refractivity contribution in [3.05, 3.63) is 88.9 Å². The molecule has 158 valence electrons. The summed E-state index contributed by atoms with van der Waals surface area (Å²) >= 11 is 0. The van der Waals surface area contributed by atoms with Crippen molar-refractivity contribution in [3.63, 3.8) is 0 Å². The number of benzene rings is 2. The van der Waals surface area contributed by atoms with Gasteiger partial charge in [-0.3, -0.25) is 9.69 Å². The quantitative estimate of drug-likeness (QED) is 0.567. The molecule has 1 aliphatic heterocycles. The third-order valence-corrected chi connectivity index (χ3v) is 5.06. The average molecular weight is 420 g/mol. The Kier molecular flexibility index (Phi) is 5.93. The smallest absolute Gasteiger partial charge is 0.415 e. The summed E-state index contributed by atoms with van der Waals surface area (Å²) in [6.45, 7) is 2.22. The maximum atomic E-state index is 13.2. The zero-order chi connectivity index (χ0) is 21.8. The Morgan fingerprint density at radius 1 is 1.19 bits per heavy atom. The number of nitrogens with zero attached hydrogens (tertiary/aromatic N) is 2. The van der Waals surface area contributed by atoms with E-state index in [4.69, 9.17) is 9.47 Å². The average Bonchev–Trinajstić information content (AvgIpc) is 2.79. The molecule has 1 amide bonds. The van der Waals surface area contributed by atoms with Crippen LogP contribution >= 0.6 is 0 Å². The molecule has 0 fully saturated rings. The molecular weight excluding hydrogens is 399 g/mol. The first-order chi connectivity index (χ1) is 15.0. The maximum absolute atomic E-state index is 13.2. The van der Waals surface area contributed by atoms with E-state index in [0.717, 1.165) is 11.1 Å². The van der Waals surface area contributed by atoms with E-state index < -0.39 is 6.09 Å². The fraction of sp³-hybridized carbons (Fsp3) is 0.208.